The number of aryl methyl sites for hydroxylation is 1. The minimum Gasteiger partial charge on any atom is -0.207 e. The minimum absolute atomic E-state index is 0.197. The molecule has 0 atom stereocenters. The first-order chi connectivity index (χ1) is 8.24. The van der Waals surface area contributed by atoms with Crippen LogP contribution in [0.1, 0.15) is 11.1 Å². The Morgan fingerprint density at radius 3 is 2.24 bits per heavy atom. The summed E-state index contributed by atoms with van der Waals surface area (Å²) in [5.74, 6) is -0.197. The van der Waals surface area contributed by atoms with Crippen molar-refractivity contribution in [1.29, 1.82) is 0 Å². The van der Waals surface area contributed by atoms with E-state index in [1.807, 2.05) is 11.5 Å². The Morgan fingerprint density at radius 2 is 1.59 bits per heavy atom. The second kappa shape index (κ2) is 5.69. The lowest BCUT2D eigenvalue weighted by Crippen LogP contribution is -1.73. The molecule has 0 saturated heterocycles. The van der Waals surface area contributed by atoms with E-state index in [4.69, 9.17) is 0 Å². The van der Waals surface area contributed by atoms with E-state index in [2.05, 4.69) is 31.2 Å². The lowest BCUT2D eigenvalue weighted by Gasteiger charge is -1.96. The van der Waals surface area contributed by atoms with E-state index in [-0.39, 0.29) is 5.82 Å². The van der Waals surface area contributed by atoms with Gasteiger partial charge >= 0.3 is 0 Å². The quantitative estimate of drug-likeness (QED) is 0.692. The highest BCUT2D eigenvalue weighted by molar-refractivity contribution is 8.02. The molecule has 0 fully saturated rings. The van der Waals surface area contributed by atoms with Crippen LogP contribution in [0.3, 0.4) is 0 Å². The van der Waals surface area contributed by atoms with Crippen molar-refractivity contribution >= 4 is 17.8 Å². The summed E-state index contributed by atoms with van der Waals surface area (Å²) in [6, 6.07) is 14.8. The van der Waals surface area contributed by atoms with Crippen LogP contribution in [0, 0.1) is 12.7 Å². The summed E-state index contributed by atoms with van der Waals surface area (Å²) < 4.78 is 12.7. The molecule has 0 aliphatic rings. The summed E-state index contributed by atoms with van der Waals surface area (Å²) in [6.07, 6.45) is 2.05. The molecule has 2 aromatic rings. The molecule has 0 N–H and O–H groups in total. The van der Waals surface area contributed by atoms with Gasteiger partial charge in [0.2, 0.25) is 0 Å². The van der Waals surface area contributed by atoms with Gasteiger partial charge in [-0.1, -0.05) is 41.6 Å². The van der Waals surface area contributed by atoms with Gasteiger partial charge in [0.05, 0.1) is 0 Å². The summed E-state index contributed by atoms with van der Waals surface area (Å²) in [4.78, 5) is 1.04. The molecular weight excluding hydrogens is 231 g/mol. The van der Waals surface area contributed by atoms with Gasteiger partial charge in [-0.3, -0.25) is 0 Å². The normalized spacial score (nSPS) is 10.9. The number of benzene rings is 2. The zero-order chi connectivity index (χ0) is 12.1. The van der Waals surface area contributed by atoms with Gasteiger partial charge in [0.25, 0.3) is 0 Å². The Balaban J connectivity index is 1.97. The third-order valence-electron chi connectivity index (χ3n) is 2.36. The van der Waals surface area contributed by atoms with Crippen molar-refractivity contribution in [2.45, 2.75) is 11.8 Å². The molecule has 0 unspecified atom stereocenters. The molecule has 2 aromatic carbocycles. The molecule has 0 radical (unpaired) electrons. The van der Waals surface area contributed by atoms with Crippen molar-refractivity contribution in [3.05, 3.63) is 70.9 Å². The van der Waals surface area contributed by atoms with Crippen molar-refractivity contribution in [1.82, 2.24) is 0 Å². The van der Waals surface area contributed by atoms with Gasteiger partial charge in [-0.2, -0.15) is 0 Å². The van der Waals surface area contributed by atoms with Gasteiger partial charge in [-0.25, -0.2) is 4.39 Å². The minimum atomic E-state index is -0.197. The van der Waals surface area contributed by atoms with Crippen LogP contribution in [0.5, 0.6) is 0 Å². The van der Waals surface area contributed by atoms with Crippen LogP contribution in [0.15, 0.2) is 58.8 Å². The zero-order valence-electron chi connectivity index (χ0n) is 9.56. The molecule has 17 heavy (non-hydrogen) atoms. The molecule has 2 heteroatoms. The Bertz CT molecular complexity index is 497. The van der Waals surface area contributed by atoms with Gasteiger partial charge in [-0.05, 0) is 48.2 Å². The SMILES string of the molecule is Cc1ccc(/C=C/Sc2ccc(F)cc2)cc1. The number of hydrogen-bond acceptors (Lipinski definition) is 1. The van der Waals surface area contributed by atoms with Gasteiger partial charge in [-0.15, -0.1) is 0 Å². The van der Waals surface area contributed by atoms with Gasteiger partial charge in [0.15, 0.2) is 0 Å². The lowest BCUT2D eigenvalue weighted by molar-refractivity contribution is 0.626. The largest absolute Gasteiger partial charge is 0.207 e. The highest BCUT2D eigenvalue weighted by Crippen LogP contribution is 2.20. The van der Waals surface area contributed by atoms with E-state index in [9.17, 15) is 4.39 Å². The van der Waals surface area contributed by atoms with Crippen LogP contribution in [-0.2, 0) is 0 Å². The number of hydrogen-bond donors (Lipinski definition) is 0. The van der Waals surface area contributed by atoms with Crippen molar-refractivity contribution in [2.75, 3.05) is 0 Å². The average Bonchev–Trinajstić information content (AvgIpc) is 2.34. The highest BCUT2D eigenvalue weighted by atomic mass is 32.2. The second-order valence-electron chi connectivity index (χ2n) is 3.79. The van der Waals surface area contributed by atoms with E-state index in [1.165, 1.54) is 23.3 Å². The molecule has 0 amide bonds. The molecule has 0 aromatic heterocycles. The third-order valence-corrected chi connectivity index (χ3v) is 3.17. The predicted molar refractivity (Wildman–Crippen MR) is 72.5 cm³/mol. The zero-order valence-corrected chi connectivity index (χ0v) is 10.4. The van der Waals surface area contributed by atoms with Crippen LogP contribution in [0.25, 0.3) is 6.08 Å². The smallest absolute Gasteiger partial charge is 0.123 e. The van der Waals surface area contributed by atoms with E-state index < -0.39 is 0 Å². The molecule has 2 rings (SSSR count). The molecule has 0 nitrogen and oxygen atoms in total. The molecular formula is C15H13FS. The van der Waals surface area contributed by atoms with Crippen LogP contribution in [0.2, 0.25) is 0 Å². The number of rotatable bonds is 3. The van der Waals surface area contributed by atoms with Gasteiger partial charge in [0.1, 0.15) is 5.82 Å². The first-order valence-corrected chi connectivity index (χ1v) is 6.27. The van der Waals surface area contributed by atoms with E-state index in [0.29, 0.717) is 0 Å². The first kappa shape index (κ1) is 11.9. The predicted octanol–water partition coefficient (Wildman–Crippen LogP) is 4.90. The average molecular weight is 244 g/mol. The summed E-state index contributed by atoms with van der Waals surface area (Å²) in [6.45, 7) is 2.07. The Morgan fingerprint density at radius 1 is 0.941 bits per heavy atom. The van der Waals surface area contributed by atoms with Gasteiger partial charge < -0.3 is 0 Å². The summed E-state index contributed by atoms with van der Waals surface area (Å²) in [5, 5.41) is 2.01. The monoisotopic (exact) mass is 244 g/mol. The fraction of sp³-hybridized carbons (Fsp3) is 0.0667. The molecule has 0 aliphatic carbocycles. The van der Waals surface area contributed by atoms with Crippen molar-refractivity contribution in [2.24, 2.45) is 0 Å². The van der Waals surface area contributed by atoms with Crippen LogP contribution in [-0.4, -0.2) is 0 Å². The van der Waals surface area contributed by atoms with Crippen molar-refractivity contribution < 1.29 is 4.39 Å². The standard InChI is InChI=1S/C15H13FS/c1-12-2-4-13(5-3-12)10-11-17-15-8-6-14(16)7-9-15/h2-11H,1H3/b11-10+. The van der Waals surface area contributed by atoms with Gasteiger partial charge in [0, 0.05) is 4.90 Å². The summed E-state index contributed by atoms with van der Waals surface area (Å²) >= 11 is 1.58. The summed E-state index contributed by atoms with van der Waals surface area (Å²) in [5.41, 5.74) is 2.43. The van der Waals surface area contributed by atoms with E-state index >= 15 is 0 Å². The molecule has 0 saturated carbocycles. The summed E-state index contributed by atoms with van der Waals surface area (Å²) in [7, 11) is 0. The Kier molecular flexibility index (Phi) is 3.99. The maximum absolute atomic E-state index is 12.7. The maximum Gasteiger partial charge on any atom is 0.123 e. The second-order valence-corrected chi connectivity index (χ2v) is 4.76. The van der Waals surface area contributed by atoms with E-state index in [0.717, 1.165) is 4.90 Å². The van der Waals surface area contributed by atoms with Crippen LogP contribution in [0.4, 0.5) is 4.39 Å². The highest BCUT2D eigenvalue weighted by Gasteiger charge is 1.91. The topological polar surface area (TPSA) is 0 Å². The van der Waals surface area contributed by atoms with Crippen molar-refractivity contribution in [3.8, 4) is 0 Å². The fourth-order valence-corrected chi connectivity index (χ4v) is 2.06. The Labute approximate surface area is 105 Å². The van der Waals surface area contributed by atoms with Crippen molar-refractivity contribution in [3.63, 3.8) is 0 Å². The molecule has 0 bridgehead atoms. The molecule has 0 aliphatic heterocycles. The number of thioether (sulfide) groups is 1. The molecule has 0 heterocycles. The molecule has 86 valence electrons. The van der Waals surface area contributed by atoms with Crippen LogP contribution >= 0.6 is 11.8 Å². The lowest BCUT2D eigenvalue weighted by atomic mass is 10.2. The number of halogens is 1. The third kappa shape index (κ3) is 3.75. The Hall–Kier alpha value is -1.54. The van der Waals surface area contributed by atoms with E-state index in [1.54, 1.807) is 23.9 Å². The fourth-order valence-electron chi connectivity index (χ4n) is 1.38. The first-order valence-electron chi connectivity index (χ1n) is 5.39. The maximum atomic E-state index is 12.7. The van der Waals surface area contributed by atoms with Crippen LogP contribution < -0.4 is 0 Å². The molecule has 0 spiro atoms.